The Morgan fingerprint density at radius 3 is 2.45 bits per heavy atom. The zero-order chi connectivity index (χ0) is 14.7. The quantitative estimate of drug-likeness (QED) is 0.669. The molecule has 0 saturated heterocycles. The normalized spacial score (nSPS) is 10.6. The number of benzene rings is 2. The van der Waals surface area contributed by atoms with Crippen molar-refractivity contribution in [3.63, 3.8) is 0 Å². The van der Waals surface area contributed by atoms with Crippen LogP contribution in [0.5, 0.6) is 0 Å². The summed E-state index contributed by atoms with van der Waals surface area (Å²) < 4.78 is 0.818. The maximum atomic E-state index is 12.7. The molecule has 0 bridgehead atoms. The molecule has 0 aliphatic rings. The average Bonchev–Trinajstić information content (AvgIpc) is 2.44. The molecule has 0 atom stereocenters. The van der Waals surface area contributed by atoms with Crippen molar-refractivity contribution >= 4 is 33.3 Å². The van der Waals surface area contributed by atoms with Crippen LogP contribution < -0.4 is 0 Å². The van der Waals surface area contributed by atoms with Gasteiger partial charge >= 0.3 is 0 Å². The van der Waals surface area contributed by atoms with E-state index in [1.54, 1.807) is 12.1 Å². The molecule has 0 aliphatic heterocycles. The second-order valence-electron chi connectivity index (χ2n) is 4.69. The van der Waals surface area contributed by atoms with Crippen LogP contribution in [0.25, 0.3) is 0 Å². The largest absolute Gasteiger partial charge is 0.289 e. The monoisotopic (exact) mass is 350 g/mol. The van der Waals surface area contributed by atoms with Crippen molar-refractivity contribution in [1.82, 2.24) is 0 Å². The summed E-state index contributed by atoms with van der Waals surface area (Å²) in [6, 6.07) is 11.4. The van der Waals surface area contributed by atoms with E-state index in [-0.39, 0.29) is 5.78 Å². The molecule has 0 heterocycles. The highest BCUT2D eigenvalue weighted by Gasteiger charge is 2.14. The second-order valence-corrected chi connectivity index (χ2v) is 6.04. The predicted molar refractivity (Wildman–Crippen MR) is 87.8 cm³/mol. The zero-order valence-corrected chi connectivity index (χ0v) is 13.9. The van der Waals surface area contributed by atoms with Crippen molar-refractivity contribution in [2.75, 3.05) is 0 Å². The Balaban J connectivity index is 2.51. The van der Waals surface area contributed by atoms with Crippen LogP contribution in [0.1, 0.15) is 40.9 Å². The van der Waals surface area contributed by atoms with E-state index in [1.807, 2.05) is 18.2 Å². The lowest BCUT2D eigenvalue weighted by Gasteiger charge is -2.10. The zero-order valence-electron chi connectivity index (χ0n) is 11.5. The van der Waals surface area contributed by atoms with E-state index in [0.717, 1.165) is 28.4 Å². The van der Waals surface area contributed by atoms with Gasteiger partial charge in [0.05, 0.1) is 0 Å². The number of halogens is 2. The van der Waals surface area contributed by atoms with Crippen LogP contribution in [0.3, 0.4) is 0 Å². The molecule has 0 amide bonds. The molecule has 0 spiro atoms. The number of carbonyl (C=O) groups excluding carboxylic acids is 1. The van der Waals surface area contributed by atoms with Crippen LogP contribution in [0.4, 0.5) is 0 Å². The highest BCUT2D eigenvalue weighted by atomic mass is 79.9. The maximum Gasteiger partial charge on any atom is 0.193 e. The van der Waals surface area contributed by atoms with Crippen molar-refractivity contribution in [1.29, 1.82) is 0 Å². The van der Waals surface area contributed by atoms with Crippen molar-refractivity contribution in [3.05, 3.63) is 68.1 Å². The van der Waals surface area contributed by atoms with Crippen LogP contribution in [0.15, 0.2) is 40.9 Å². The van der Waals surface area contributed by atoms with Crippen LogP contribution in [0, 0.1) is 0 Å². The first kappa shape index (κ1) is 15.3. The fraction of sp³-hybridized carbons (Fsp3) is 0.235. The smallest absolute Gasteiger partial charge is 0.193 e. The van der Waals surface area contributed by atoms with E-state index in [0.29, 0.717) is 10.6 Å². The third-order valence-electron chi connectivity index (χ3n) is 3.33. The Kier molecular flexibility index (Phi) is 5.00. The number of aryl methyl sites for hydroxylation is 2. The van der Waals surface area contributed by atoms with Gasteiger partial charge in [0.2, 0.25) is 0 Å². The van der Waals surface area contributed by atoms with Crippen LogP contribution >= 0.6 is 27.5 Å². The lowest BCUT2D eigenvalue weighted by Crippen LogP contribution is -2.06. The Morgan fingerprint density at radius 2 is 1.85 bits per heavy atom. The molecule has 0 unspecified atom stereocenters. The van der Waals surface area contributed by atoms with Crippen molar-refractivity contribution in [2.24, 2.45) is 0 Å². The van der Waals surface area contributed by atoms with Gasteiger partial charge in [-0.2, -0.15) is 0 Å². The third kappa shape index (κ3) is 3.31. The Labute approximate surface area is 133 Å². The van der Waals surface area contributed by atoms with Crippen LogP contribution in [-0.2, 0) is 12.8 Å². The number of carbonyl (C=O) groups is 1. The van der Waals surface area contributed by atoms with E-state index in [4.69, 9.17) is 11.6 Å². The summed E-state index contributed by atoms with van der Waals surface area (Å²) in [6.07, 6.45) is 1.76. The standard InChI is InChI=1S/C17H16BrClO/c1-3-11-5-6-12(4-2)16(7-11)17(20)13-8-14(18)10-15(19)9-13/h5-10H,3-4H2,1-2H3. The van der Waals surface area contributed by atoms with Gasteiger partial charge in [-0.15, -0.1) is 0 Å². The van der Waals surface area contributed by atoms with Gasteiger partial charge in [-0.1, -0.05) is 53.5 Å². The lowest BCUT2D eigenvalue weighted by molar-refractivity contribution is 0.103. The van der Waals surface area contributed by atoms with Crippen molar-refractivity contribution in [3.8, 4) is 0 Å². The molecule has 2 aromatic rings. The number of rotatable bonds is 4. The van der Waals surface area contributed by atoms with Gasteiger partial charge in [-0.25, -0.2) is 0 Å². The van der Waals surface area contributed by atoms with E-state index >= 15 is 0 Å². The minimum Gasteiger partial charge on any atom is -0.289 e. The second kappa shape index (κ2) is 6.55. The molecular formula is C17H16BrClO. The minimum absolute atomic E-state index is 0.0281. The van der Waals surface area contributed by atoms with Gasteiger partial charge in [0, 0.05) is 20.6 Å². The molecule has 2 rings (SSSR count). The first-order valence-electron chi connectivity index (χ1n) is 6.67. The fourth-order valence-electron chi connectivity index (χ4n) is 2.20. The molecule has 2 aromatic carbocycles. The van der Waals surface area contributed by atoms with Crippen LogP contribution in [-0.4, -0.2) is 5.78 Å². The highest BCUT2D eigenvalue weighted by molar-refractivity contribution is 9.10. The summed E-state index contributed by atoms with van der Waals surface area (Å²) in [5, 5.41) is 0.562. The average molecular weight is 352 g/mol. The molecule has 0 radical (unpaired) electrons. The highest BCUT2D eigenvalue weighted by Crippen LogP contribution is 2.24. The Morgan fingerprint density at radius 1 is 1.10 bits per heavy atom. The summed E-state index contributed by atoms with van der Waals surface area (Å²) in [5.41, 5.74) is 3.64. The third-order valence-corrected chi connectivity index (χ3v) is 4.01. The first-order chi connectivity index (χ1) is 9.55. The SMILES string of the molecule is CCc1ccc(CC)c(C(=O)c2cc(Cl)cc(Br)c2)c1. The van der Waals surface area contributed by atoms with Crippen molar-refractivity contribution < 1.29 is 4.79 Å². The summed E-state index contributed by atoms with van der Waals surface area (Å²) in [5.74, 6) is 0.0281. The summed E-state index contributed by atoms with van der Waals surface area (Å²) in [7, 11) is 0. The Hall–Kier alpha value is -1.12. The first-order valence-corrected chi connectivity index (χ1v) is 7.84. The summed E-state index contributed by atoms with van der Waals surface area (Å²) >= 11 is 9.41. The molecule has 0 aliphatic carbocycles. The van der Waals surface area contributed by atoms with Crippen LogP contribution in [0.2, 0.25) is 5.02 Å². The van der Waals surface area contributed by atoms with E-state index < -0.39 is 0 Å². The molecule has 20 heavy (non-hydrogen) atoms. The van der Waals surface area contributed by atoms with E-state index in [2.05, 4.69) is 35.8 Å². The molecule has 104 valence electrons. The number of hydrogen-bond acceptors (Lipinski definition) is 1. The summed E-state index contributed by atoms with van der Waals surface area (Å²) in [6.45, 7) is 4.15. The van der Waals surface area contributed by atoms with Gasteiger partial charge in [0.1, 0.15) is 0 Å². The van der Waals surface area contributed by atoms with E-state index in [1.165, 1.54) is 5.56 Å². The molecule has 1 nitrogen and oxygen atoms in total. The van der Waals surface area contributed by atoms with Gasteiger partial charge in [-0.3, -0.25) is 4.79 Å². The molecule has 3 heteroatoms. The lowest BCUT2D eigenvalue weighted by atomic mass is 9.94. The summed E-state index contributed by atoms with van der Waals surface area (Å²) in [4.78, 5) is 12.7. The number of hydrogen-bond donors (Lipinski definition) is 0. The van der Waals surface area contributed by atoms with Gasteiger partial charge in [-0.05, 0) is 48.2 Å². The fourth-order valence-corrected chi connectivity index (χ4v) is 3.06. The molecule has 0 N–H and O–H groups in total. The molecular weight excluding hydrogens is 336 g/mol. The minimum atomic E-state index is 0.0281. The van der Waals surface area contributed by atoms with Gasteiger partial charge < -0.3 is 0 Å². The van der Waals surface area contributed by atoms with Gasteiger partial charge in [0.25, 0.3) is 0 Å². The molecule has 0 fully saturated rings. The predicted octanol–water partition coefficient (Wildman–Crippen LogP) is 5.46. The van der Waals surface area contributed by atoms with E-state index in [9.17, 15) is 4.79 Å². The number of ketones is 1. The van der Waals surface area contributed by atoms with Gasteiger partial charge in [0.15, 0.2) is 5.78 Å². The molecule has 0 aromatic heterocycles. The maximum absolute atomic E-state index is 12.7. The topological polar surface area (TPSA) is 17.1 Å². The van der Waals surface area contributed by atoms with Crippen molar-refractivity contribution in [2.45, 2.75) is 26.7 Å². The Bertz CT molecular complexity index is 629. The molecule has 0 saturated carbocycles.